The van der Waals surface area contributed by atoms with E-state index in [1.54, 1.807) is 18.2 Å². The average molecular weight is 268 g/mol. The maximum Gasteiger partial charge on any atom is 0.343 e. The van der Waals surface area contributed by atoms with Crippen molar-refractivity contribution in [3.63, 3.8) is 0 Å². The van der Waals surface area contributed by atoms with Gasteiger partial charge in [-0.3, -0.25) is 0 Å². The number of rotatable bonds is 1. The minimum Gasteiger partial charge on any atom is -0.439 e. The number of hydrogen-bond donors (Lipinski definition) is 1. The molecular formula is C15H12N2O3. The molecule has 0 amide bonds. The minimum absolute atomic E-state index is 0.0580. The molecule has 0 fully saturated rings. The van der Waals surface area contributed by atoms with Crippen LogP contribution < -0.4 is 16.1 Å². The Morgan fingerprint density at radius 1 is 1.40 bits per heavy atom. The van der Waals surface area contributed by atoms with Crippen LogP contribution >= 0.6 is 0 Å². The lowest BCUT2D eigenvalue weighted by molar-refractivity contribution is 0.380. The molecule has 0 saturated heterocycles. The Bertz CT molecular complexity index is 827. The van der Waals surface area contributed by atoms with Crippen LogP contribution in [0.2, 0.25) is 0 Å². The van der Waals surface area contributed by atoms with E-state index in [0.29, 0.717) is 28.7 Å². The Kier molecular flexibility index (Phi) is 2.72. The van der Waals surface area contributed by atoms with Crippen molar-refractivity contribution in [2.75, 3.05) is 0 Å². The highest BCUT2D eigenvalue weighted by Crippen LogP contribution is 2.41. The molecule has 20 heavy (non-hydrogen) atoms. The maximum atomic E-state index is 12.2. The summed E-state index contributed by atoms with van der Waals surface area (Å²) >= 11 is 0. The molecule has 0 saturated carbocycles. The number of nitrogens with two attached hydrogens (primary N) is 1. The second kappa shape index (κ2) is 4.42. The van der Waals surface area contributed by atoms with Gasteiger partial charge < -0.3 is 14.9 Å². The van der Waals surface area contributed by atoms with E-state index >= 15 is 0 Å². The van der Waals surface area contributed by atoms with Crippen molar-refractivity contribution in [3.8, 4) is 11.8 Å². The van der Waals surface area contributed by atoms with Crippen LogP contribution in [-0.2, 0) is 0 Å². The number of allylic oxidation sites excluding steroid dienone is 1. The molecule has 1 atom stereocenters. The fraction of sp³-hybridized carbons (Fsp3) is 0.200. The van der Waals surface area contributed by atoms with E-state index in [-0.39, 0.29) is 17.4 Å². The van der Waals surface area contributed by atoms with Gasteiger partial charge >= 0.3 is 5.63 Å². The van der Waals surface area contributed by atoms with Crippen molar-refractivity contribution >= 4 is 11.0 Å². The average Bonchev–Trinajstić information content (AvgIpc) is 2.46. The van der Waals surface area contributed by atoms with E-state index in [4.69, 9.17) is 14.9 Å². The molecule has 1 aromatic carbocycles. The number of benzene rings is 1. The topological polar surface area (TPSA) is 89.3 Å². The van der Waals surface area contributed by atoms with Crippen molar-refractivity contribution in [3.05, 3.63) is 51.7 Å². The zero-order valence-electron chi connectivity index (χ0n) is 10.8. The first-order chi connectivity index (χ1) is 9.67. The van der Waals surface area contributed by atoms with Crippen LogP contribution in [0.25, 0.3) is 11.0 Å². The summed E-state index contributed by atoms with van der Waals surface area (Å²) in [5.41, 5.74) is 6.43. The lowest BCUT2D eigenvalue weighted by atomic mass is 9.88. The molecule has 2 N–H and O–H groups in total. The molecular weight excluding hydrogens is 256 g/mol. The van der Waals surface area contributed by atoms with Crippen molar-refractivity contribution in [1.29, 1.82) is 5.26 Å². The normalized spacial score (nSPS) is 17.5. The minimum atomic E-state index is -0.481. The first kappa shape index (κ1) is 12.3. The Balaban J connectivity index is 2.40. The summed E-state index contributed by atoms with van der Waals surface area (Å²) in [5.74, 6) is 0.0763. The summed E-state index contributed by atoms with van der Waals surface area (Å²) in [5, 5.41) is 9.87. The highest BCUT2D eigenvalue weighted by molar-refractivity contribution is 5.85. The molecule has 5 nitrogen and oxygen atoms in total. The summed E-state index contributed by atoms with van der Waals surface area (Å²) in [6, 6.07) is 9.12. The zero-order valence-corrected chi connectivity index (χ0v) is 10.8. The largest absolute Gasteiger partial charge is 0.439 e. The molecule has 0 spiro atoms. The van der Waals surface area contributed by atoms with Crippen LogP contribution in [0.3, 0.4) is 0 Å². The van der Waals surface area contributed by atoms with Crippen LogP contribution in [0.15, 0.2) is 44.9 Å². The summed E-state index contributed by atoms with van der Waals surface area (Å²) in [4.78, 5) is 12.2. The standard InChI is InChI=1S/C15H12N2O3/c1-2-8-10(7-16)14(17)20-13-9-5-3-4-6-11(9)19-15(18)12(8)13/h3-6,8H,2,17H2,1H3/t8-/m0/s1. The van der Waals surface area contributed by atoms with E-state index < -0.39 is 5.63 Å². The number of nitrogens with zero attached hydrogens (tertiary/aromatic N) is 1. The van der Waals surface area contributed by atoms with Gasteiger partial charge in [0.2, 0.25) is 5.88 Å². The molecule has 2 aromatic rings. The van der Waals surface area contributed by atoms with Crippen molar-refractivity contribution in [1.82, 2.24) is 0 Å². The molecule has 1 aromatic heterocycles. The second-order valence-electron chi connectivity index (χ2n) is 4.58. The van der Waals surface area contributed by atoms with Gasteiger partial charge in [-0.05, 0) is 18.6 Å². The molecule has 0 bridgehead atoms. The summed E-state index contributed by atoms with van der Waals surface area (Å²) in [7, 11) is 0. The van der Waals surface area contributed by atoms with Gasteiger partial charge in [-0.1, -0.05) is 19.1 Å². The molecule has 100 valence electrons. The first-order valence-electron chi connectivity index (χ1n) is 6.30. The maximum absolute atomic E-state index is 12.2. The van der Waals surface area contributed by atoms with E-state index in [2.05, 4.69) is 0 Å². The number of hydrogen-bond acceptors (Lipinski definition) is 5. The zero-order chi connectivity index (χ0) is 14.3. The molecule has 1 aliphatic rings. The molecule has 3 rings (SSSR count). The predicted octanol–water partition coefficient (Wildman–Crippen LogP) is 2.37. The quantitative estimate of drug-likeness (QED) is 0.802. The molecule has 0 aliphatic carbocycles. The van der Waals surface area contributed by atoms with E-state index in [1.807, 2.05) is 19.1 Å². The number of para-hydroxylation sites is 1. The fourth-order valence-electron chi connectivity index (χ4n) is 2.57. The Morgan fingerprint density at radius 2 is 2.15 bits per heavy atom. The highest BCUT2D eigenvalue weighted by atomic mass is 16.5. The molecule has 0 unspecified atom stereocenters. The van der Waals surface area contributed by atoms with Gasteiger partial charge in [0.1, 0.15) is 11.7 Å². The van der Waals surface area contributed by atoms with Crippen molar-refractivity contribution < 1.29 is 9.15 Å². The van der Waals surface area contributed by atoms with Crippen LogP contribution in [0.4, 0.5) is 0 Å². The van der Waals surface area contributed by atoms with Crippen LogP contribution in [0.1, 0.15) is 24.8 Å². The third-order valence-corrected chi connectivity index (χ3v) is 3.50. The van der Waals surface area contributed by atoms with Gasteiger partial charge in [-0.25, -0.2) is 4.79 Å². The Morgan fingerprint density at radius 3 is 2.85 bits per heavy atom. The summed E-state index contributed by atoms with van der Waals surface area (Å²) in [6.07, 6.45) is 0.572. The Labute approximate surface area is 114 Å². The molecule has 0 radical (unpaired) electrons. The number of ether oxygens (including phenoxy) is 1. The molecule has 5 heteroatoms. The number of nitriles is 1. The van der Waals surface area contributed by atoms with Crippen molar-refractivity contribution in [2.45, 2.75) is 19.3 Å². The lowest BCUT2D eigenvalue weighted by Gasteiger charge is -2.24. The fourth-order valence-corrected chi connectivity index (χ4v) is 2.57. The summed E-state index contributed by atoms with van der Waals surface area (Å²) in [6.45, 7) is 1.89. The second-order valence-corrected chi connectivity index (χ2v) is 4.58. The molecule has 2 heterocycles. The van der Waals surface area contributed by atoms with E-state index in [9.17, 15) is 10.1 Å². The first-order valence-corrected chi connectivity index (χ1v) is 6.30. The van der Waals surface area contributed by atoms with E-state index in [1.165, 1.54) is 0 Å². The van der Waals surface area contributed by atoms with Gasteiger partial charge in [0.25, 0.3) is 0 Å². The third-order valence-electron chi connectivity index (χ3n) is 3.50. The molecule has 1 aliphatic heterocycles. The van der Waals surface area contributed by atoms with Gasteiger partial charge in [-0.2, -0.15) is 5.26 Å². The Hall–Kier alpha value is -2.74. The highest BCUT2D eigenvalue weighted by Gasteiger charge is 2.32. The lowest BCUT2D eigenvalue weighted by Crippen LogP contribution is -2.25. The SMILES string of the molecule is CC[C@H]1C(C#N)=C(N)Oc2c1c(=O)oc1ccccc21. The summed E-state index contributed by atoms with van der Waals surface area (Å²) < 4.78 is 10.8. The van der Waals surface area contributed by atoms with Gasteiger partial charge in [0.15, 0.2) is 5.75 Å². The smallest absolute Gasteiger partial charge is 0.343 e. The van der Waals surface area contributed by atoms with Gasteiger partial charge in [0, 0.05) is 5.92 Å². The van der Waals surface area contributed by atoms with Gasteiger partial charge in [0.05, 0.1) is 16.5 Å². The number of fused-ring (bicyclic) bond motifs is 3. The third kappa shape index (κ3) is 1.58. The van der Waals surface area contributed by atoms with Crippen LogP contribution in [-0.4, -0.2) is 0 Å². The van der Waals surface area contributed by atoms with Crippen LogP contribution in [0.5, 0.6) is 5.75 Å². The van der Waals surface area contributed by atoms with E-state index in [0.717, 1.165) is 0 Å². The van der Waals surface area contributed by atoms with Gasteiger partial charge in [-0.15, -0.1) is 0 Å². The predicted molar refractivity (Wildman–Crippen MR) is 73.0 cm³/mol. The van der Waals surface area contributed by atoms with Crippen LogP contribution in [0, 0.1) is 11.3 Å². The monoisotopic (exact) mass is 268 g/mol. The van der Waals surface area contributed by atoms with Crippen molar-refractivity contribution in [2.24, 2.45) is 5.73 Å².